The molecule has 3 aromatic heterocycles. The van der Waals surface area contributed by atoms with E-state index in [1.807, 2.05) is 53.4 Å². The molecular formula is C31H31N7O4. The van der Waals surface area contributed by atoms with Crippen LogP contribution in [0.15, 0.2) is 72.9 Å². The highest BCUT2D eigenvalue weighted by molar-refractivity contribution is 6.04. The molecule has 0 unspecified atom stereocenters. The predicted octanol–water partition coefficient (Wildman–Crippen LogP) is 4.66. The Morgan fingerprint density at radius 3 is 2.67 bits per heavy atom. The van der Waals surface area contributed by atoms with Gasteiger partial charge in [0.2, 0.25) is 0 Å². The van der Waals surface area contributed by atoms with E-state index in [-0.39, 0.29) is 17.9 Å². The Balaban J connectivity index is 1.24. The summed E-state index contributed by atoms with van der Waals surface area (Å²) in [5.74, 6) is 1.84. The zero-order valence-corrected chi connectivity index (χ0v) is 23.4. The number of rotatable bonds is 9. The standard InChI is InChI=1S/C31H31N7O4/c1-3-42-31(40)25-9-6-16-37(25)28-15-12-21(18-32-28)30(39)35-27-17-26(29-33-23-7-4-5-8-24(23)34-29)38(36-27)19-20-10-13-22(41-2)14-11-20/h4-5,7-8,10-15,17-18,25H,3,6,9,16,19H2,1-2H3,(H,33,34)(H,35,36,39)/t25-/m0/s1. The van der Waals surface area contributed by atoms with Crippen LogP contribution in [0.5, 0.6) is 5.75 Å². The number of amides is 1. The van der Waals surface area contributed by atoms with Gasteiger partial charge in [-0.05, 0) is 61.7 Å². The van der Waals surface area contributed by atoms with E-state index in [1.54, 1.807) is 36.9 Å². The molecule has 1 aliphatic rings. The van der Waals surface area contributed by atoms with E-state index >= 15 is 0 Å². The van der Waals surface area contributed by atoms with Crippen molar-refractivity contribution in [3.8, 4) is 17.3 Å². The SMILES string of the molecule is CCOC(=O)[C@@H]1CCCN1c1ccc(C(=O)Nc2cc(-c3nc4ccccc4[nH]3)n(Cc3ccc(OC)cc3)n2)cn1. The number of methoxy groups -OCH3 is 1. The van der Waals surface area contributed by atoms with Crippen molar-refractivity contribution in [1.82, 2.24) is 24.7 Å². The molecule has 1 saturated heterocycles. The Bertz CT molecular complexity index is 1680. The summed E-state index contributed by atoms with van der Waals surface area (Å²) in [7, 11) is 1.63. The van der Waals surface area contributed by atoms with E-state index in [0.29, 0.717) is 42.7 Å². The van der Waals surface area contributed by atoms with Crippen molar-refractivity contribution >= 4 is 34.5 Å². The van der Waals surface area contributed by atoms with Gasteiger partial charge in [0, 0.05) is 18.8 Å². The number of hydrogen-bond donors (Lipinski definition) is 2. The first-order chi connectivity index (χ1) is 20.5. The predicted molar refractivity (Wildman–Crippen MR) is 159 cm³/mol. The number of esters is 1. The summed E-state index contributed by atoms with van der Waals surface area (Å²) in [6, 6.07) is 20.4. The minimum atomic E-state index is -0.358. The fourth-order valence-electron chi connectivity index (χ4n) is 5.17. The van der Waals surface area contributed by atoms with Crippen LogP contribution in [-0.4, -0.2) is 62.9 Å². The number of nitrogens with one attached hydrogen (secondary N) is 2. The third-order valence-corrected chi connectivity index (χ3v) is 7.26. The van der Waals surface area contributed by atoms with E-state index in [2.05, 4.69) is 15.3 Å². The topological polar surface area (TPSA) is 127 Å². The zero-order valence-electron chi connectivity index (χ0n) is 23.4. The van der Waals surface area contributed by atoms with Crippen LogP contribution in [0.1, 0.15) is 35.7 Å². The number of ether oxygens (including phenoxy) is 2. The Morgan fingerprint density at radius 1 is 1.10 bits per heavy atom. The Labute approximate surface area is 242 Å². The van der Waals surface area contributed by atoms with Crippen molar-refractivity contribution in [2.75, 3.05) is 30.5 Å². The number of fused-ring (bicyclic) bond motifs is 1. The number of imidazole rings is 1. The largest absolute Gasteiger partial charge is 0.497 e. The van der Waals surface area contributed by atoms with Crippen molar-refractivity contribution in [3.05, 3.63) is 84.1 Å². The first-order valence-corrected chi connectivity index (χ1v) is 13.9. The van der Waals surface area contributed by atoms with Crippen molar-refractivity contribution < 1.29 is 19.1 Å². The lowest BCUT2D eigenvalue weighted by atomic mass is 10.2. The van der Waals surface area contributed by atoms with Gasteiger partial charge in [-0.1, -0.05) is 24.3 Å². The first-order valence-electron chi connectivity index (χ1n) is 13.9. The second kappa shape index (κ2) is 11.7. The van der Waals surface area contributed by atoms with Crippen molar-refractivity contribution in [2.24, 2.45) is 0 Å². The smallest absolute Gasteiger partial charge is 0.328 e. The van der Waals surface area contributed by atoms with E-state index in [1.165, 1.54) is 6.20 Å². The molecule has 5 aromatic rings. The Hall–Kier alpha value is -5.19. The van der Waals surface area contributed by atoms with Gasteiger partial charge in [0.05, 0.1) is 36.9 Å². The molecule has 2 aromatic carbocycles. The average molecular weight is 566 g/mol. The number of aromatic nitrogens is 5. The molecule has 0 radical (unpaired) electrons. The molecule has 0 bridgehead atoms. The summed E-state index contributed by atoms with van der Waals surface area (Å²) >= 11 is 0. The maximum Gasteiger partial charge on any atom is 0.328 e. The lowest BCUT2D eigenvalue weighted by Crippen LogP contribution is -2.37. The second-order valence-electron chi connectivity index (χ2n) is 9.99. The van der Waals surface area contributed by atoms with Crippen molar-refractivity contribution in [3.63, 3.8) is 0 Å². The third kappa shape index (κ3) is 5.53. The van der Waals surface area contributed by atoms with Gasteiger partial charge in [-0.3, -0.25) is 9.48 Å². The number of pyridine rings is 1. The number of H-pyrrole nitrogens is 1. The van der Waals surface area contributed by atoms with E-state index in [0.717, 1.165) is 40.9 Å². The van der Waals surface area contributed by atoms with E-state index < -0.39 is 0 Å². The number of hydrogen-bond acceptors (Lipinski definition) is 8. The van der Waals surface area contributed by atoms with Crippen LogP contribution in [-0.2, 0) is 16.1 Å². The Kier molecular flexibility index (Phi) is 7.54. The number of carbonyl (C=O) groups is 2. The molecule has 0 saturated carbocycles. The summed E-state index contributed by atoms with van der Waals surface area (Å²) in [5, 5.41) is 7.60. The van der Waals surface area contributed by atoms with Crippen LogP contribution in [0.2, 0.25) is 0 Å². The van der Waals surface area contributed by atoms with E-state index in [9.17, 15) is 9.59 Å². The number of nitrogens with zero attached hydrogens (tertiary/aromatic N) is 5. The Morgan fingerprint density at radius 2 is 1.93 bits per heavy atom. The normalized spacial score (nSPS) is 14.7. The maximum absolute atomic E-state index is 13.2. The molecule has 214 valence electrons. The highest BCUT2D eigenvalue weighted by atomic mass is 16.5. The zero-order chi connectivity index (χ0) is 29.1. The van der Waals surface area contributed by atoms with Crippen LogP contribution in [0.25, 0.3) is 22.6 Å². The van der Waals surface area contributed by atoms with Gasteiger partial charge in [-0.15, -0.1) is 0 Å². The monoisotopic (exact) mass is 565 g/mol. The van der Waals surface area contributed by atoms with Gasteiger partial charge in [0.25, 0.3) is 5.91 Å². The van der Waals surface area contributed by atoms with Gasteiger partial charge in [0.15, 0.2) is 11.6 Å². The highest BCUT2D eigenvalue weighted by Crippen LogP contribution is 2.27. The number of anilines is 2. The number of benzene rings is 2. The molecular weight excluding hydrogens is 534 g/mol. The molecule has 1 aliphatic heterocycles. The highest BCUT2D eigenvalue weighted by Gasteiger charge is 2.32. The van der Waals surface area contributed by atoms with E-state index in [4.69, 9.17) is 19.6 Å². The molecule has 2 N–H and O–H groups in total. The molecule has 6 rings (SSSR count). The van der Waals surface area contributed by atoms with Crippen LogP contribution >= 0.6 is 0 Å². The minimum absolute atomic E-state index is 0.246. The molecule has 11 heteroatoms. The van der Waals surface area contributed by atoms with Crippen LogP contribution in [0, 0.1) is 0 Å². The average Bonchev–Trinajstić information content (AvgIpc) is 3.76. The minimum Gasteiger partial charge on any atom is -0.497 e. The fourth-order valence-corrected chi connectivity index (χ4v) is 5.17. The fraction of sp³-hybridized carbons (Fsp3) is 0.258. The van der Waals surface area contributed by atoms with Crippen LogP contribution in [0.4, 0.5) is 11.6 Å². The lowest BCUT2D eigenvalue weighted by molar-refractivity contribution is -0.144. The summed E-state index contributed by atoms with van der Waals surface area (Å²) in [6.45, 7) is 3.30. The molecule has 0 aliphatic carbocycles. The molecule has 0 spiro atoms. The number of para-hydroxylation sites is 2. The molecule has 11 nitrogen and oxygen atoms in total. The molecule has 1 fully saturated rings. The summed E-state index contributed by atoms with van der Waals surface area (Å²) in [5.41, 5.74) is 3.86. The van der Waals surface area contributed by atoms with Gasteiger partial charge < -0.3 is 24.7 Å². The molecule has 1 atom stereocenters. The summed E-state index contributed by atoms with van der Waals surface area (Å²) in [4.78, 5) is 40.1. The maximum atomic E-state index is 13.2. The number of aromatic amines is 1. The summed E-state index contributed by atoms with van der Waals surface area (Å²) in [6.07, 6.45) is 3.11. The summed E-state index contributed by atoms with van der Waals surface area (Å²) < 4.78 is 12.3. The van der Waals surface area contributed by atoms with Gasteiger partial charge in [0.1, 0.15) is 23.3 Å². The van der Waals surface area contributed by atoms with Gasteiger partial charge >= 0.3 is 5.97 Å². The molecule has 42 heavy (non-hydrogen) atoms. The molecule has 1 amide bonds. The van der Waals surface area contributed by atoms with Gasteiger partial charge in [-0.25, -0.2) is 14.8 Å². The first kappa shape index (κ1) is 27.0. The lowest BCUT2D eigenvalue weighted by Gasteiger charge is -2.24. The number of carbonyl (C=O) groups excluding carboxylic acids is 2. The third-order valence-electron chi connectivity index (χ3n) is 7.26. The van der Waals surface area contributed by atoms with Gasteiger partial charge in [-0.2, -0.15) is 5.10 Å². The van der Waals surface area contributed by atoms with Crippen molar-refractivity contribution in [2.45, 2.75) is 32.4 Å². The van der Waals surface area contributed by atoms with Crippen molar-refractivity contribution in [1.29, 1.82) is 0 Å². The van der Waals surface area contributed by atoms with Crippen LogP contribution in [0.3, 0.4) is 0 Å². The quantitative estimate of drug-likeness (QED) is 0.247. The molecule has 4 heterocycles. The van der Waals surface area contributed by atoms with Crippen LogP contribution < -0.4 is 15.0 Å². The second-order valence-corrected chi connectivity index (χ2v) is 9.99.